The summed E-state index contributed by atoms with van der Waals surface area (Å²) in [6.45, 7) is 0. The molecule has 0 saturated heterocycles. The van der Waals surface area contributed by atoms with E-state index in [0.29, 0.717) is 5.58 Å². The molecule has 0 radical (unpaired) electrons. The van der Waals surface area contributed by atoms with Gasteiger partial charge in [-0.15, -0.1) is 0 Å². The highest BCUT2D eigenvalue weighted by atomic mass is 32.2. The second kappa shape index (κ2) is 3.32. The summed E-state index contributed by atoms with van der Waals surface area (Å²) < 4.78 is 28.1. The van der Waals surface area contributed by atoms with E-state index in [9.17, 15) is 8.42 Å². The number of primary sulfonamides is 1. The summed E-state index contributed by atoms with van der Waals surface area (Å²) in [5, 5.41) is 6.74. The molecule has 3 rings (SSSR count). The normalized spacial score (nSPS) is 12.3. The molecule has 17 heavy (non-hydrogen) atoms. The number of sulfonamides is 1. The van der Waals surface area contributed by atoms with Gasteiger partial charge in [-0.3, -0.25) is 0 Å². The summed E-state index contributed by atoms with van der Waals surface area (Å²) in [7, 11) is -3.68. The van der Waals surface area contributed by atoms with Gasteiger partial charge in [0.25, 0.3) is 0 Å². The third-order valence-corrected chi connectivity index (χ3v) is 3.59. The molecule has 0 aliphatic carbocycles. The van der Waals surface area contributed by atoms with Crippen LogP contribution < -0.4 is 5.14 Å². The Kier molecular flexibility index (Phi) is 2.01. The van der Waals surface area contributed by atoms with Gasteiger partial charge in [0.05, 0.1) is 4.90 Å². The molecule has 0 aliphatic heterocycles. The molecule has 0 spiro atoms. The highest BCUT2D eigenvalue weighted by Gasteiger charge is 2.12. The van der Waals surface area contributed by atoms with Crippen LogP contribution in [0.25, 0.3) is 21.9 Å². The molecule has 0 fully saturated rings. The fourth-order valence-electron chi connectivity index (χ4n) is 1.88. The lowest BCUT2D eigenvalue weighted by Gasteiger charge is -1.96. The predicted octanol–water partition coefficient (Wildman–Crippen LogP) is 2.23. The van der Waals surface area contributed by atoms with Crippen LogP contribution in [-0.4, -0.2) is 8.42 Å². The van der Waals surface area contributed by atoms with E-state index in [1.54, 1.807) is 6.07 Å². The molecule has 0 amide bonds. The number of hydrogen-bond donors (Lipinski definition) is 1. The van der Waals surface area contributed by atoms with Crippen LogP contribution in [0.4, 0.5) is 0 Å². The Morgan fingerprint density at radius 3 is 2.41 bits per heavy atom. The van der Waals surface area contributed by atoms with E-state index in [-0.39, 0.29) is 4.90 Å². The van der Waals surface area contributed by atoms with Crippen molar-refractivity contribution in [2.45, 2.75) is 4.90 Å². The highest BCUT2D eigenvalue weighted by Crippen LogP contribution is 2.29. The van der Waals surface area contributed by atoms with Crippen LogP contribution >= 0.6 is 0 Å². The van der Waals surface area contributed by atoms with Crippen molar-refractivity contribution < 1.29 is 12.8 Å². The topological polar surface area (TPSA) is 73.3 Å². The number of furan rings is 1. The standard InChI is InChI=1S/C12H9NO3S/c13-17(14,15)8-5-6-12-10(7-8)9-3-1-2-4-11(9)16-12/h1-7H,(H2,13,14,15). The van der Waals surface area contributed by atoms with Crippen molar-refractivity contribution in [2.24, 2.45) is 5.14 Å². The Balaban J connectivity index is 2.46. The number of rotatable bonds is 1. The minimum absolute atomic E-state index is 0.0940. The van der Waals surface area contributed by atoms with E-state index in [2.05, 4.69) is 0 Å². The van der Waals surface area contributed by atoms with E-state index in [1.807, 2.05) is 24.3 Å². The van der Waals surface area contributed by atoms with Crippen molar-refractivity contribution in [3.63, 3.8) is 0 Å². The fraction of sp³-hybridized carbons (Fsp3) is 0. The van der Waals surface area contributed by atoms with Gasteiger partial charge in [0.15, 0.2) is 0 Å². The Morgan fingerprint density at radius 1 is 0.941 bits per heavy atom. The quantitative estimate of drug-likeness (QED) is 0.716. The number of benzene rings is 2. The van der Waals surface area contributed by atoms with Crippen molar-refractivity contribution in [1.29, 1.82) is 0 Å². The number of nitrogens with two attached hydrogens (primary N) is 1. The zero-order chi connectivity index (χ0) is 12.0. The maximum Gasteiger partial charge on any atom is 0.238 e. The van der Waals surface area contributed by atoms with Gasteiger partial charge in [0.1, 0.15) is 11.2 Å². The lowest BCUT2D eigenvalue weighted by atomic mass is 10.1. The van der Waals surface area contributed by atoms with Crippen molar-refractivity contribution in [3.05, 3.63) is 42.5 Å². The van der Waals surface area contributed by atoms with Crippen LogP contribution in [0.15, 0.2) is 51.8 Å². The Bertz CT molecular complexity index is 818. The fourth-order valence-corrected chi connectivity index (χ4v) is 2.42. The van der Waals surface area contributed by atoms with Crippen molar-refractivity contribution in [3.8, 4) is 0 Å². The third kappa shape index (κ3) is 1.60. The van der Waals surface area contributed by atoms with Gasteiger partial charge < -0.3 is 4.42 Å². The van der Waals surface area contributed by atoms with Crippen LogP contribution in [-0.2, 0) is 10.0 Å². The molecule has 0 aliphatic rings. The first kappa shape index (κ1) is 10.3. The molecular formula is C12H9NO3S. The average Bonchev–Trinajstić information content (AvgIpc) is 2.65. The second-order valence-corrected chi connectivity index (χ2v) is 5.36. The molecule has 86 valence electrons. The van der Waals surface area contributed by atoms with Gasteiger partial charge in [0, 0.05) is 10.8 Å². The van der Waals surface area contributed by atoms with Crippen molar-refractivity contribution in [2.75, 3.05) is 0 Å². The molecule has 0 unspecified atom stereocenters. The van der Waals surface area contributed by atoms with E-state index in [0.717, 1.165) is 16.4 Å². The summed E-state index contributed by atoms with van der Waals surface area (Å²) in [5.41, 5.74) is 1.38. The number of hydrogen-bond acceptors (Lipinski definition) is 3. The first-order valence-electron chi connectivity index (χ1n) is 5.00. The maximum atomic E-state index is 11.3. The first-order valence-corrected chi connectivity index (χ1v) is 6.54. The van der Waals surface area contributed by atoms with Gasteiger partial charge in [-0.2, -0.15) is 0 Å². The van der Waals surface area contributed by atoms with Crippen LogP contribution in [0.2, 0.25) is 0 Å². The molecule has 0 bridgehead atoms. The maximum absolute atomic E-state index is 11.3. The SMILES string of the molecule is NS(=O)(=O)c1ccc2oc3ccccc3c2c1. The predicted molar refractivity (Wildman–Crippen MR) is 65.1 cm³/mol. The molecule has 4 nitrogen and oxygen atoms in total. The first-order chi connectivity index (χ1) is 8.05. The van der Waals surface area contributed by atoms with Crippen LogP contribution in [0.1, 0.15) is 0 Å². The molecule has 2 N–H and O–H groups in total. The molecule has 1 aromatic heterocycles. The molecule has 2 aromatic carbocycles. The average molecular weight is 247 g/mol. The summed E-state index contributed by atoms with van der Waals surface area (Å²) in [4.78, 5) is 0.0940. The molecule has 1 heterocycles. The zero-order valence-electron chi connectivity index (χ0n) is 8.75. The summed E-state index contributed by atoms with van der Waals surface area (Å²) in [6, 6.07) is 12.1. The summed E-state index contributed by atoms with van der Waals surface area (Å²) in [6.07, 6.45) is 0. The summed E-state index contributed by atoms with van der Waals surface area (Å²) >= 11 is 0. The third-order valence-electron chi connectivity index (χ3n) is 2.68. The molecule has 5 heteroatoms. The summed E-state index contributed by atoms with van der Waals surface area (Å²) in [5.74, 6) is 0. The largest absolute Gasteiger partial charge is 0.456 e. The minimum Gasteiger partial charge on any atom is -0.456 e. The lowest BCUT2D eigenvalue weighted by Crippen LogP contribution is -2.11. The van der Waals surface area contributed by atoms with Gasteiger partial charge >= 0.3 is 0 Å². The molecule has 0 saturated carbocycles. The minimum atomic E-state index is -3.68. The number of fused-ring (bicyclic) bond motifs is 3. The van der Waals surface area contributed by atoms with Crippen LogP contribution in [0.5, 0.6) is 0 Å². The van der Waals surface area contributed by atoms with Crippen LogP contribution in [0, 0.1) is 0 Å². The van der Waals surface area contributed by atoms with E-state index in [4.69, 9.17) is 9.56 Å². The smallest absolute Gasteiger partial charge is 0.238 e. The van der Waals surface area contributed by atoms with Gasteiger partial charge in [-0.25, -0.2) is 13.6 Å². The Labute approximate surface area is 97.7 Å². The number of para-hydroxylation sites is 1. The molecule has 0 atom stereocenters. The molecule has 3 aromatic rings. The van der Waals surface area contributed by atoms with E-state index in [1.165, 1.54) is 12.1 Å². The molecular weight excluding hydrogens is 238 g/mol. The van der Waals surface area contributed by atoms with E-state index < -0.39 is 10.0 Å². The van der Waals surface area contributed by atoms with Crippen LogP contribution in [0.3, 0.4) is 0 Å². The van der Waals surface area contributed by atoms with Gasteiger partial charge in [-0.05, 0) is 24.3 Å². The van der Waals surface area contributed by atoms with Gasteiger partial charge in [-0.1, -0.05) is 18.2 Å². The Morgan fingerprint density at radius 2 is 1.65 bits per heavy atom. The van der Waals surface area contributed by atoms with Gasteiger partial charge in [0.2, 0.25) is 10.0 Å². The monoisotopic (exact) mass is 247 g/mol. The van der Waals surface area contributed by atoms with Crippen molar-refractivity contribution >= 4 is 32.0 Å². The second-order valence-electron chi connectivity index (χ2n) is 3.80. The highest BCUT2D eigenvalue weighted by molar-refractivity contribution is 7.89. The Hall–Kier alpha value is -1.85. The van der Waals surface area contributed by atoms with E-state index >= 15 is 0 Å². The zero-order valence-corrected chi connectivity index (χ0v) is 9.57. The lowest BCUT2D eigenvalue weighted by molar-refractivity contribution is 0.598. The van der Waals surface area contributed by atoms with Crippen molar-refractivity contribution in [1.82, 2.24) is 0 Å².